The minimum absolute atomic E-state index is 0.0296. The van der Waals surface area contributed by atoms with Gasteiger partial charge in [-0.2, -0.15) is 0 Å². The maximum atomic E-state index is 12.5. The Balaban J connectivity index is 1.37. The normalized spacial score (nSPS) is 16.2. The Kier molecular flexibility index (Phi) is 6.86. The summed E-state index contributed by atoms with van der Waals surface area (Å²) < 4.78 is 0. The molecule has 32 heavy (non-hydrogen) atoms. The molecular weight excluding hydrogens is 424 g/mol. The van der Waals surface area contributed by atoms with Crippen molar-refractivity contribution in [3.05, 3.63) is 65.9 Å². The van der Waals surface area contributed by atoms with Gasteiger partial charge >= 0.3 is 0 Å². The van der Waals surface area contributed by atoms with Crippen molar-refractivity contribution in [1.82, 2.24) is 20.3 Å². The lowest BCUT2D eigenvalue weighted by Crippen LogP contribution is -2.47. The van der Waals surface area contributed by atoms with Crippen LogP contribution in [-0.2, 0) is 9.59 Å². The van der Waals surface area contributed by atoms with E-state index in [9.17, 15) is 9.59 Å². The van der Waals surface area contributed by atoms with Gasteiger partial charge in [-0.3, -0.25) is 14.5 Å². The van der Waals surface area contributed by atoms with Crippen LogP contribution < -0.4 is 15.1 Å². The highest BCUT2D eigenvalue weighted by Gasteiger charge is 2.22. The largest absolute Gasteiger partial charge is 0.348 e. The van der Waals surface area contributed by atoms with Crippen molar-refractivity contribution in [2.24, 2.45) is 0 Å². The van der Waals surface area contributed by atoms with Crippen LogP contribution in [0.25, 0.3) is 6.08 Å². The molecule has 2 aromatic heterocycles. The first-order chi connectivity index (χ1) is 15.6. The van der Waals surface area contributed by atoms with Crippen LogP contribution in [0, 0.1) is 0 Å². The fraction of sp³-hybridized carbons (Fsp3) is 0.261. The molecule has 0 bridgehead atoms. The molecule has 1 N–H and O–H groups in total. The zero-order valence-electron chi connectivity index (χ0n) is 17.7. The van der Waals surface area contributed by atoms with E-state index in [1.54, 1.807) is 29.4 Å². The predicted molar refractivity (Wildman–Crippen MR) is 126 cm³/mol. The van der Waals surface area contributed by atoms with Crippen molar-refractivity contribution in [2.45, 2.75) is 25.8 Å². The molecule has 3 aromatic rings. The van der Waals surface area contributed by atoms with Gasteiger partial charge in [0.1, 0.15) is 0 Å². The Morgan fingerprint density at radius 1 is 1.19 bits per heavy atom. The lowest BCUT2D eigenvalue weighted by atomic mass is 10.1. The van der Waals surface area contributed by atoms with Crippen LogP contribution in [0.3, 0.4) is 0 Å². The van der Waals surface area contributed by atoms with E-state index < -0.39 is 0 Å². The second-order valence-corrected chi connectivity index (χ2v) is 8.26. The molecule has 1 aliphatic heterocycles. The molecule has 8 nitrogen and oxygen atoms in total. The Hall–Kier alpha value is -3.59. The summed E-state index contributed by atoms with van der Waals surface area (Å²) in [5, 5.41) is 5.44. The highest BCUT2D eigenvalue weighted by Crippen LogP contribution is 2.29. The fourth-order valence-electron chi connectivity index (χ4n) is 3.60. The van der Waals surface area contributed by atoms with Gasteiger partial charge in [-0.05, 0) is 37.1 Å². The molecule has 164 valence electrons. The molecule has 2 amide bonds. The average Bonchev–Trinajstić information content (AvgIpc) is 3.27. The van der Waals surface area contributed by atoms with Crippen molar-refractivity contribution < 1.29 is 9.59 Å². The fourth-order valence-corrected chi connectivity index (χ4v) is 4.46. The van der Waals surface area contributed by atoms with E-state index in [2.05, 4.69) is 25.2 Å². The summed E-state index contributed by atoms with van der Waals surface area (Å²) in [7, 11) is 0. The summed E-state index contributed by atoms with van der Waals surface area (Å²) in [6.07, 6.45) is 8.47. The monoisotopic (exact) mass is 448 g/mol. The lowest BCUT2D eigenvalue weighted by Gasteiger charge is -2.32. The van der Waals surface area contributed by atoms with Crippen molar-refractivity contribution in [3.63, 3.8) is 0 Å². The van der Waals surface area contributed by atoms with Crippen LogP contribution in [0.15, 0.2) is 60.2 Å². The van der Waals surface area contributed by atoms with Crippen LogP contribution in [0.4, 0.5) is 16.8 Å². The number of amides is 2. The van der Waals surface area contributed by atoms with E-state index in [1.165, 1.54) is 24.3 Å². The van der Waals surface area contributed by atoms with Gasteiger partial charge in [0, 0.05) is 49.9 Å². The molecule has 1 unspecified atom stereocenters. The van der Waals surface area contributed by atoms with E-state index in [0.29, 0.717) is 23.3 Å². The van der Waals surface area contributed by atoms with Crippen molar-refractivity contribution >= 4 is 46.0 Å². The maximum absolute atomic E-state index is 12.5. The number of thiazole rings is 1. The quantitative estimate of drug-likeness (QED) is 0.581. The first-order valence-corrected chi connectivity index (χ1v) is 11.3. The van der Waals surface area contributed by atoms with Gasteiger partial charge < -0.3 is 10.2 Å². The molecule has 0 spiro atoms. The predicted octanol–water partition coefficient (Wildman–Crippen LogP) is 3.42. The van der Waals surface area contributed by atoms with Crippen LogP contribution in [0.5, 0.6) is 0 Å². The van der Waals surface area contributed by atoms with Gasteiger partial charge in [-0.1, -0.05) is 18.2 Å². The zero-order chi connectivity index (χ0) is 22.3. The minimum Gasteiger partial charge on any atom is -0.348 e. The van der Waals surface area contributed by atoms with E-state index in [1.807, 2.05) is 35.7 Å². The van der Waals surface area contributed by atoms with E-state index in [-0.39, 0.29) is 17.9 Å². The number of para-hydroxylation sites is 1. The molecule has 9 heteroatoms. The number of nitrogens with one attached hydrogen (secondary N) is 1. The summed E-state index contributed by atoms with van der Waals surface area (Å²) in [5.74, 6) is 0.389. The number of carbonyl (C=O) groups excluding carboxylic acids is 2. The van der Waals surface area contributed by atoms with E-state index >= 15 is 0 Å². The average molecular weight is 449 g/mol. The Bertz CT molecular complexity index is 1090. The van der Waals surface area contributed by atoms with Crippen LogP contribution in [0.1, 0.15) is 25.5 Å². The minimum atomic E-state index is -0.174. The van der Waals surface area contributed by atoms with Gasteiger partial charge in [-0.15, -0.1) is 11.3 Å². The summed E-state index contributed by atoms with van der Waals surface area (Å²) >= 11 is 1.36. The molecule has 1 aromatic carbocycles. The van der Waals surface area contributed by atoms with Gasteiger partial charge in [0.25, 0.3) is 0 Å². The van der Waals surface area contributed by atoms with Gasteiger partial charge in [0.05, 0.1) is 11.4 Å². The second kappa shape index (κ2) is 10.1. The standard InChI is InChI=1S/C23H24N6O2S/c1-17(30)29(20-8-3-2-4-9-20)23-27-19(16-32-23)10-11-21(31)26-18-7-5-14-28(15-18)22-24-12-6-13-25-22/h2-4,6,8-13,16,18H,5,7,14-15H2,1H3,(H,26,31)/b11-10+. The molecule has 0 saturated carbocycles. The first kappa shape index (κ1) is 21.6. The van der Waals surface area contributed by atoms with E-state index in [0.717, 1.165) is 25.1 Å². The van der Waals surface area contributed by atoms with Crippen LogP contribution in [0.2, 0.25) is 0 Å². The summed E-state index contributed by atoms with van der Waals surface area (Å²) in [6, 6.07) is 11.2. The molecule has 0 aliphatic carbocycles. The SMILES string of the molecule is CC(=O)N(c1ccccc1)c1nc(/C=C/C(=O)NC2CCCN(c3ncccn3)C2)cs1. The first-order valence-electron chi connectivity index (χ1n) is 10.4. The molecule has 0 radical (unpaired) electrons. The lowest BCUT2D eigenvalue weighted by molar-refractivity contribution is -0.117. The number of nitrogens with zero attached hydrogens (tertiary/aromatic N) is 5. The van der Waals surface area contributed by atoms with Crippen molar-refractivity contribution in [1.29, 1.82) is 0 Å². The van der Waals surface area contributed by atoms with Crippen molar-refractivity contribution in [3.8, 4) is 0 Å². The van der Waals surface area contributed by atoms with Gasteiger partial charge in [0.15, 0.2) is 5.13 Å². The van der Waals surface area contributed by atoms with E-state index in [4.69, 9.17) is 0 Å². The molecule has 1 saturated heterocycles. The summed E-state index contributed by atoms with van der Waals surface area (Å²) in [6.45, 7) is 3.06. The number of hydrogen-bond acceptors (Lipinski definition) is 7. The van der Waals surface area contributed by atoms with Gasteiger partial charge in [0.2, 0.25) is 17.8 Å². The highest BCUT2D eigenvalue weighted by molar-refractivity contribution is 7.14. The zero-order valence-corrected chi connectivity index (χ0v) is 18.5. The summed E-state index contributed by atoms with van der Waals surface area (Å²) in [5.41, 5.74) is 1.39. The molecule has 1 atom stereocenters. The second-order valence-electron chi connectivity index (χ2n) is 7.42. The molecule has 4 rings (SSSR count). The summed E-state index contributed by atoms with van der Waals surface area (Å²) in [4.78, 5) is 41.4. The Labute approximate surface area is 190 Å². The highest BCUT2D eigenvalue weighted by atomic mass is 32.1. The molecule has 1 aliphatic rings. The number of anilines is 3. The molecule has 1 fully saturated rings. The van der Waals surface area contributed by atoms with Crippen LogP contribution >= 0.6 is 11.3 Å². The number of benzene rings is 1. The van der Waals surface area contributed by atoms with Crippen LogP contribution in [-0.4, -0.2) is 45.9 Å². The number of piperidine rings is 1. The third-order valence-electron chi connectivity index (χ3n) is 5.04. The molecule has 3 heterocycles. The van der Waals surface area contributed by atoms with Crippen molar-refractivity contribution in [2.75, 3.05) is 22.9 Å². The number of rotatable bonds is 6. The smallest absolute Gasteiger partial charge is 0.244 e. The number of carbonyl (C=O) groups is 2. The number of hydrogen-bond donors (Lipinski definition) is 1. The van der Waals surface area contributed by atoms with Gasteiger partial charge in [-0.25, -0.2) is 15.0 Å². The third kappa shape index (κ3) is 5.36. The number of aromatic nitrogens is 3. The Morgan fingerprint density at radius 3 is 2.72 bits per heavy atom. The Morgan fingerprint density at radius 2 is 1.97 bits per heavy atom. The maximum Gasteiger partial charge on any atom is 0.244 e. The molecular formula is C23H24N6O2S. The topological polar surface area (TPSA) is 91.3 Å². The third-order valence-corrected chi connectivity index (χ3v) is 5.88.